The normalized spacial score (nSPS) is 11.3. The van der Waals surface area contributed by atoms with Gasteiger partial charge in [0.25, 0.3) is 0 Å². The maximum absolute atomic E-state index is 15.6. The fraction of sp³-hybridized carbons (Fsp3) is 0.312. The molecule has 0 aliphatic carbocycles. The van der Waals surface area contributed by atoms with Crippen molar-refractivity contribution in [3.8, 4) is 17.2 Å². The summed E-state index contributed by atoms with van der Waals surface area (Å²) in [5.74, 6) is -2.29. The van der Waals surface area contributed by atoms with E-state index in [1.807, 2.05) is 0 Å². The second kappa shape index (κ2) is 13.2. The molecule has 2 N–H and O–H groups in total. The Balaban J connectivity index is 1.84. The van der Waals surface area contributed by atoms with E-state index < -0.39 is 28.9 Å². The van der Waals surface area contributed by atoms with Crippen molar-refractivity contribution in [2.24, 2.45) is 0 Å². The molecule has 2 aromatic heterocycles. The highest BCUT2D eigenvalue weighted by Gasteiger charge is 2.33. The van der Waals surface area contributed by atoms with Crippen LogP contribution in [-0.4, -0.2) is 73.7 Å². The number of nitrogens with one attached hydrogen (secondary N) is 1. The number of ether oxygens (including phenoxy) is 3. The van der Waals surface area contributed by atoms with Gasteiger partial charge in [-0.2, -0.15) is 0 Å². The number of aromatic hydroxyl groups is 1. The molecular formula is C32H36FN4O8P. The van der Waals surface area contributed by atoms with Crippen molar-refractivity contribution < 1.29 is 42.5 Å². The second-order valence-corrected chi connectivity index (χ2v) is 12.1. The number of ketones is 1. The van der Waals surface area contributed by atoms with Crippen molar-refractivity contribution in [1.82, 2.24) is 9.88 Å². The predicted molar refractivity (Wildman–Crippen MR) is 175 cm³/mol. The number of phenols is 1. The first kappa shape index (κ1) is 34.0. The number of benzene rings is 2. The quantitative estimate of drug-likeness (QED) is 0.141. The molecule has 0 bridgehead atoms. The lowest BCUT2D eigenvalue weighted by Crippen LogP contribution is -2.34. The molecule has 2 heterocycles. The van der Waals surface area contributed by atoms with Crippen LogP contribution in [-0.2, 0) is 16.0 Å². The number of pyridine rings is 1. The Morgan fingerprint density at radius 1 is 1.07 bits per heavy atom. The van der Waals surface area contributed by atoms with Gasteiger partial charge < -0.3 is 34.0 Å². The van der Waals surface area contributed by atoms with Crippen LogP contribution in [0.2, 0.25) is 0 Å². The van der Waals surface area contributed by atoms with Crippen molar-refractivity contribution in [3.63, 3.8) is 0 Å². The second-order valence-electron chi connectivity index (χ2n) is 11.5. The maximum atomic E-state index is 15.6. The summed E-state index contributed by atoms with van der Waals surface area (Å²) in [7, 11) is 9.60. The Bertz CT molecular complexity index is 1810. The van der Waals surface area contributed by atoms with Crippen LogP contribution in [0.3, 0.4) is 0 Å². The number of aromatic nitrogens is 1. The van der Waals surface area contributed by atoms with E-state index in [9.17, 15) is 19.5 Å². The molecule has 2 amide bonds. The molecule has 1 unspecified atom stereocenters. The minimum Gasteiger partial charge on any atom is -0.506 e. The number of phenolic OH excluding ortho intramolecular Hbond substituents is 1. The zero-order chi connectivity index (χ0) is 34.1. The summed E-state index contributed by atoms with van der Waals surface area (Å²) >= 11 is 0. The zero-order valence-corrected chi connectivity index (χ0v) is 27.9. The van der Waals surface area contributed by atoms with Crippen molar-refractivity contribution in [3.05, 3.63) is 59.2 Å². The van der Waals surface area contributed by atoms with Gasteiger partial charge in [0.1, 0.15) is 28.6 Å². The lowest BCUT2D eigenvalue weighted by molar-refractivity contribution is -0.127. The highest BCUT2D eigenvalue weighted by atomic mass is 31.0. The molecule has 244 valence electrons. The number of hydrogen-bond donors (Lipinski definition) is 2. The number of carbonyl (C=O) groups is 3. The number of likely N-dealkylation sites (N-methyl/N-ethyl adjacent to an activating group) is 1. The predicted octanol–water partition coefficient (Wildman–Crippen LogP) is 5.17. The van der Waals surface area contributed by atoms with Crippen molar-refractivity contribution in [2.75, 3.05) is 45.6 Å². The van der Waals surface area contributed by atoms with Crippen molar-refractivity contribution in [2.45, 2.75) is 32.8 Å². The first-order chi connectivity index (χ1) is 21.6. The van der Waals surface area contributed by atoms with Crippen LogP contribution in [0.25, 0.3) is 11.0 Å². The Morgan fingerprint density at radius 3 is 2.33 bits per heavy atom. The van der Waals surface area contributed by atoms with E-state index in [4.69, 9.17) is 18.6 Å². The summed E-state index contributed by atoms with van der Waals surface area (Å²) in [6.07, 6.45) is 0.632. The first-order valence-electron chi connectivity index (χ1n) is 14.0. The van der Waals surface area contributed by atoms with Crippen LogP contribution < -0.4 is 25.0 Å². The highest BCUT2D eigenvalue weighted by Crippen LogP contribution is 2.39. The lowest BCUT2D eigenvalue weighted by atomic mass is 10.0. The number of halogens is 1. The van der Waals surface area contributed by atoms with Gasteiger partial charge in [0.05, 0.1) is 43.5 Å². The lowest BCUT2D eigenvalue weighted by Gasteiger charge is -2.24. The summed E-state index contributed by atoms with van der Waals surface area (Å²) in [5.41, 5.74) is -0.270. The van der Waals surface area contributed by atoms with E-state index in [1.54, 1.807) is 47.0 Å². The van der Waals surface area contributed by atoms with Gasteiger partial charge in [0.2, 0.25) is 11.7 Å². The fourth-order valence-electron chi connectivity index (χ4n) is 4.51. The number of methoxy groups -OCH3 is 2. The van der Waals surface area contributed by atoms with Crippen LogP contribution in [0.15, 0.2) is 40.9 Å². The number of furan rings is 1. The van der Waals surface area contributed by atoms with Gasteiger partial charge in [-0.1, -0.05) is 6.07 Å². The van der Waals surface area contributed by atoms with Gasteiger partial charge in [-0.25, -0.2) is 14.2 Å². The van der Waals surface area contributed by atoms with Gasteiger partial charge in [-0.05, 0) is 44.5 Å². The van der Waals surface area contributed by atoms with Crippen molar-refractivity contribution >= 4 is 60.5 Å². The number of hydrogen-bond acceptors (Lipinski definition) is 10. The Labute approximate surface area is 267 Å². The molecule has 2 aromatic carbocycles. The smallest absolute Gasteiger partial charge is 0.414 e. The third-order valence-corrected chi connectivity index (χ3v) is 7.41. The summed E-state index contributed by atoms with van der Waals surface area (Å²) in [5, 5.41) is 14.1. The van der Waals surface area contributed by atoms with Crippen molar-refractivity contribution in [1.29, 1.82) is 0 Å². The van der Waals surface area contributed by atoms with E-state index >= 15 is 4.39 Å². The standard InChI is InChI=1S/C32H36FN4O8P/c1-32(2,3)45-31(41)37(6)27-17-13-23(35-18-10-9-16(11-19(18)38)12-24(39)36(4)5)34-15-22(17)44-29(27)28(40)25-26(33)20(42-7)14-21(43-8)30(25)46/h9-11,13-15,38H,12,46H2,1-8H3,(H,34,35). The third kappa shape index (κ3) is 6.99. The summed E-state index contributed by atoms with van der Waals surface area (Å²) in [4.78, 5) is 46.3. The van der Waals surface area contributed by atoms with Crippen LogP contribution in [0, 0.1) is 5.82 Å². The van der Waals surface area contributed by atoms with E-state index in [0.717, 1.165) is 4.90 Å². The molecule has 0 spiro atoms. The maximum Gasteiger partial charge on any atom is 0.414 e. The molecule has 1 atom stereocenters. The molecule has 12 nitrogen and oxygen atoms in total. The molecule has 4 aromatic rings. The Morgan fingerprint density at radius 2 is 1.74 bits per heavy atom. The third-order valence-electron chi connectivity index (χ3n) is 6.84. The number of rotatable bonds is 9. The summed E-state index contributed by atoms with van der Waals surface area (Å²) < 4.78 is 37.6. The molecule has 0 aliphatic heterocycles. The van der Waals surface area contributed by atoms with Crippen LogP contribution in [0.5, 0.6) is 17.2 Å². The summed E-state index contributed by atoms with van der Waals surface area (Å²) in [6.45, 7) is 5.07. The highest BCUT2D eigenvalue weighted by molar-refractivity contribution is 7.28. The van der Waals surface area contributed by atoms with E-state index in [0.29, 0.717) is 5.56 Å². The molecular weight excluding hydrogens is 618 g/mol. The van der Waals surface area contributed by atoms with Gasteiger partial charge in [0, 0.05) is 32.5 Å². The minimum absolute atomic E-state index is 0.00736. The van der Waals surface area contributed by atoms with E-state index in [1.165, 1.54) is 50.6 Å². The van der Waals surface area contributed by atoms with Gasteiger partial charge in [0.15, 0.2) is 22.9 Å². The summed E-state index contributed by atoms with van der Waals surface area (Å²) in [6, 6.07) is 7.58. The number of carbonyl (C=O) groups excluding carboxylic acids is 3. The number of fused-ring (bicyclic) bond motifs is 1. The van der Waals surface area contributed by atoms with E-state index in [2.05, 4.69) is 19.5 Å². The average molecular weight is 655 g/mol. The average Bonchev–Trinajstić information content (AvgIpc) is 3.36. The Hall–Kier alpha value is -4.90. The molecule has 0 aliphatic rings. The number of amides is 2. The molecule has 0 radical (unpaired) electrons. The minimum atomic E-state index is -0.948. The van der Waals surface area contributed by atoms with Gasteiger partial charge in [-0.15, -0.1) is 9.24 Å². The molecule has 0 fully saturated rings. The monoisotopic (exact) mass is 654 g/mol. The SMILES string of the molecule is COc1cc(OC)c(P)c(C(=O)c2oc3cnc(Nc4ccc(CC(=O)N(C)C)cc4O)cc3c2N(C)C(=O)OC(C)(C)C)c1F. The van der Waals surface area contributed by atoms with Gasteiger partial charge >= 0.3 is 6.09 Å². The first-order valence-corrected chi connectivity index (χ1v) is 14.6. The van der Waals surface area contributed by atoms with Gasteiger partial charge in [-0.3, -0.25) is 14.5 Å². The van der Waals surface area contributed by atoms with Crippen LogP contribution in [0.4, 0.5) is 26.4 Å². The fourth-order valence-corrected chi connectivity index (χ4v) is 4.97. The molecule has 0 saturated heterocycles. The Kier molecular flexibility index (Phi) is 9.77. The molecule has 0 saturated carbocycles. The topological polar surface area (TPSA) is 144 Å². The zero-order valence-electron chi connectivity index (χ0n) is 26.8. The largest absolute Gasteiger partial charge is 0.506 e. The van der Waals surface area contributed by atoms with Crippen LogP contribution in [0.1, 0.15) is 42.5 Å². The molecule has 46 heavy (non-hydrogen) atoms. The number of nitrogens with zero attached hydrogens (tertiary/aromatic N) is 3. The number of anilines is 3. The van der Waals surface area contributed by atoms with Crippen LogP contribution >= 0.6 is 9.24 Å². The van der Waals surface area contributed by atoms with E-state index in [-0.39, 0.29) is 68.8 Å². The molecule has 14 heteroatoms. The molecule has 4 rings (SSSR count).